The molecule has 2 heterocycles. The first-order chi connectivity index (χ1) is 28.7. The van der Waals surface area contributed by atoms with Crippen LogP contribution in [0.5, 0.6) is 0 Å². The SMILES string of the molecule is c1cncc(-c2ccc(-c3cc(-c4cccc(-c5cc6ccccc6c6ccccc56)c4)nc(-c4cccc(-c5cc6ccccc6c6ccccc56)c4)n3)cc2)c1. The normalized spacial score (nSPS) is 11.4. The van der Waals surface area contributed by atoms with Gasteiger partial charge in [0, 0.05) is 29.1 Å². The predicted molar refractivity (Wildman–Crippen MR) is 242 cm³/mol. The van der Waals surface area contributed by atoms with Gasteiger partial charge < -0.3 is 0 Å². The van der Waals surface area contributed by atoms with Crippen molar-refractivity contribution in [1.29, 1.82) is 0 Å². The first-order valence-electron chi connectivity index (χ1n) is 19.7. The van der Waals surface area contributed by atoms with E-state index in [0.29, 0.717) is 5.82 Å². The van der Waals surface area contributed by atoms with Crippen molar-refractivity contribution in [2.75, 3.05) is 0 Å². The van der Waals surface area contributed by atoms with Crippen molar-refractivity contribution in [3.8, 4) is 67.3 Å². The van der Waals surface area contributed by atoms with Gasteiger partial charge in [0.1, 0.15) is 0 Å². The average Bonchev–Trinajstić information content (AvgIpc) is 3.31. The Kier molecular flexibility index (Phi) is 8.15. The highest BCUT2D eigenvalue weighted by atomic mass is 14.9. The summed E-state index contributed by atoms with van der Waals surface area (Å²) in [4.78, 5) is 15.0. The quantitative estimate of drug-likeness (QED) is 0.160. The van der Waals surface area contributed by atoms with E-state index in [0.717, 1.165) is 50.3 Å². The van der Waals surface area contributed by atoms with Gasteiger partial charge in [-0.25, -0.2) is 9.97 Å². The van der Waals surface area contributed by atoms with E-state index in [1.807, 2.05) is 12.3 Å². The molecule has 3 heteroatoms. The van der Waals surface area contributed by atoms with Crippen LogP contribution in [0.4, 0.5) is 0 Å². The van der Waals surface area contributed by atoms with Gasteiger partial charge in [-0.3, -0.25) is 4.98 Å². The highest BCUT2D eigenvalue weighted by Crippen LogP contribution is 2.39. The highest BCUT2D eigenvalue weighted by molar-refractivity contribution is 6.15. The molecular weight excluding hydrogens is 703 g/mol. The van der Waals surface area contributed by atoms with Crippen LogP contribution in [-0.4, -0.2) is 15.0 Å². The highest BCUT2D eigenvalue weighted by Gasteiger charge is 2.16. The minimum atomic E-state index is 0.678. The fraction of sp³-hybridized carbons (Fsp3) is 0. The van der Waals surface area contributed by atoms with E-state index >= 15 is 0 Å². The van der Waals surface area contributed by atoms with E-state index in [1.54, 1.807) is 6.20 Å². The van der Waals surface area contributed by atoms with Crippen LogP contribution >= 0.6 is 0 Å². The van der Waals surface area contributed by atoms with E-state index in [9.17, 15) is 0 Å². The van der Waals surface area contributed by atoms with Crippen molar-refractivity contribution < 1.29 is 0 Å². The van der Waals surface area contributed by atoms with Crippen molar-refractivity contribution >= 4 is 43.1 Å². The van der Waals surface area contributed by atoms with Crippen molar-refractivity contribution in [1.82, 2.24) is 15.0 Å². The van der Waals surface area contributed by atoms with Gasteiger partial charge in [-0.05, 0) is 113 Å². The molecule has 0 aliphatic heterocycles. The third kappa shape index (κ3) is 5.98. The molecular formula is C55H35N3. The molecule has 0 amide bonds. The van der Waals surface area contributed by atoms with Crippen molar-refractivity contribution in [2.45, 2.75) is 0 Å². The standard InChI is InChI=1S/C55H35N3/c1-3-19-45-40(12-1)32-51(49-23-7-5-21-47(45)49)38-14-9-16-42(30-38)54-34-53(37-27-25-36(26-28-37)44-18-11-29-56-35-44)57-55(58-54)43-17-10-15-39(31-43)52-33-41-13-2-4-20-46(41)48-22-6-8-24-50(48)52/h1-35H. The summed E-state index contributed by atoms with van der Waals surface area (Å²) in [6.45, 7) is 0. The van der Waals surface area contributed by atoms with Gasteiger partial charge in [0.25, 0.3) is 0 Å². The molecule has 0 radical (unpaired) electrons. The molecule has 0 atom stereocenters. The van der Waals surface area contributed by atoms with E-state index in [-0.39, 0.29) is 0 Å². The van der Waals surface area contributed by atoms with Gasteiger partial charge in [0.15, 0.2) is 5.82 Å². The third-order valence-electron chi connectivity index (χ3n) is 11.3. The molecule has 0 fully saturated rings. The van der Waals surface area contributed by atoms with Crippen LogP contribution in [0.15, 0.2) is 213 Å². The Labute approximate surface area is 336 Å². The summed E-state index contributed by atoms with van der Waals surface area (Å²) >= 11 is 0. The lowest BCUT2D eigenvalue weighted by molar-refractivity contribution is 1.18. The third-order valence-corrected chi connectivity index (χ3v) is 11.3. The zero-order valence-electron chi connectivity index (χ0n) is 31.5. The second-order valence-electron chi connectivity index (χ2n) is 14.8. The van der Waals surface area contributed by atoms with E-state index in [1.165, 1.54) is 54.2 Å². The number of aromatic nitrogens is 3. The van der Waals surface area contributed by atoms with Gasteiger partial charge in [0.2, 0.25) is 0 Å². The van der Waals surface area contributed by atoms with Crippen LogP contribution in [0.1, 0.15) is 0 Å². The number of fused-ring (bicyclic) bond motifs is 6. The van der Waals surface area contributed by atoms with Crippen LogP contribution in [0.25, 0.3) is 110 Å². The number of hydrogen-bond acceptors (Lipinski definition) is 3. The van der Waals surface area contributed by atoms with Crippen molar-refractivity contribution in [3.05, 3.63) is 213 Å². The molecule has 3 nitrogen and oxygen atoms in total. The van der Waals surface area contributed by atoms with Gasteiger partial charge in [-0.2, -0.15) is 0 Å². The smallest absolute Gasteiger partial charge is 0.160 e. The van der Waals surface area contributed by atoms with Gasteiger partial charge in [-0.15, -0.1) is 0 Å². The topological polar surface area (TPSA) is 38.7 Å². The maximum atomic E-state index is 5.34. The van der Waals surface area contributed by atoms with Gasteiger partial charge in [-0.1, -0.05) is 164 Å². The zero-order valence-corrected chi connectivity index (χ0v) is 31.5. The lowest BCUT2D eigenvalue weighted by atomic mass is 9.92. The first kappa shape index (κ1) is 33.6. The molecule has 2 aromatic heterocycles. The molecule has 11 aromatic rings. The fourth-order valence-corrected chi connectivity index (χ4v) is 8.50. The molecule has 9 aromatic carbocycles. The fourth-order valence-electron chi connectivity index (χ4n) is 8.50. The Morgan fingerprint density at radius 1 is 0.276 bits per heavy atom. The van der Waals surface area contributed by atoms with Crippen molar-refractivity contribution in [3.63, 3.8) is 0 Å². The molecule has 58 heavy (non-hydrogen) atoms. The number of hydrogen-bond donors (Lipinski definition) is 0. The summed E-state index contributed by atoms with van der Waals surface area (Å²) in [6, 6.07) is 71.5. The Hall–Kier alpha value is -7.75. The number of pyridine rings is 1. The summed E-state index contributed by atoms with van der Waals surface area (Å²) in [5, 5.41) is 9.91. The Balaban J connectivity index is 1.07. The minimum Gasteiger partial charge on any atom is -0.264 e. The Morgan fingerprint density at radius 3 is 1.33 bits per heavy atom. The van der Waals surface area contributed by atoms with Crippen LogP contribution in [0.3, 0.4) is 0 Å². The molecule has 0 saturated heterocycles. The lowest BCUT2D eigenvalue weighted by Gasteiger charge is -2.14. The second-order valence-corrected chi connectivity index (χ2v) is 14.8. The largest absolute Gasteiger partial charge is 0.264 e. The molecule has 0 unspecified atom stereocenters. The molecule has 0 N–H and O–H groups in total. The zero-order chi connectivity index (χ0) is 38.4. The molecule has 0 bridgehead atoms. The summed E-state index contributed by atoms with van der Waals surface area (Å²) in [7, 11) is 0. The van der Waals surface area contributed by atoms with Crippen LogP contribution in [-0.2, 0) is 0 Å². The first-order valence-corrected chi connectivity index (χ1v) is 19.7. The number of rotatable bonds is 6. The molecule has 0 aliphatic rings. The monoisotopic (exact) mass is 737 g/mol. The second kappa shape index (κ2) is 14.1. The minimum absolute atomic E-state index is 0.678. The number of nitrogens with zero attached hydrogens (tertiary/aromatic N) is 3. The molecule has 270 valence electrons. The summed E-state index contributed by atoms with van der Waals surface area (Å²) in [6.07, 6.45) is 3.70. The Morgan fingerprint density at radius 2 is 0.741 bits per heavy atom. The maximum Gasteiger partial charge on any atom is 0.160 e. The van der Waals surface area contributed by atoms with Gasteiger partial charge in [0.05, 0.1) is 11.4 Å². The average molecular weight is 738 g/mol. The van der Waals surface area contributed by atoms with Crippen LogP contribution in [0.2, 0.25) is 0 Å². The lowest BCUT2D eigenvalue weighted by Crippen LogP contribution is -1.97. The molecule has 0 saturated carbocycles. The predicted octanol–water partition coefficient (Wildman–Crippen LogP) is 14.5. The Bertz CT molecular complexity index is 3150. The summed E-state index contributed by atoms with van der Waals surface area (Å²) < 4.78 is 0. The van der Waals surface area contributed by atoms with E-state index in [4.69, 9.17) is 9.97 Å². The summed E-state index contributed by atoms with van der Waals surface area (Å²) in [5.74, 6) is 0.678. The molecule has 0 aliphatic carbocycles. The van der Waals surface area contributed by atoms with Gasteiger partial charge >= 0.3 is 0 Å². The maximum absolute atomic E-state index is 5.34. The van der Waals surface area contributed by atoms with E-state index < -0.39 is 0 Å². The van der Waals surface area contributed by atoms with Crippen molar-refractivity contribution in [2.24, 2.45) is 0 Å². The van der Waals surface area contributed by atoms with Crippen LogP contribution in [0, 0.1) is 0 Å². The van der Waals surface area contributed by atoms with E-state index in [2.05, 4.69) is 199 Å². The molecule has 11 rings (SSSR count). The summed E-state index contributed by atoms with van der Waals surface area (Å²) in [5.41, 5.74) is 11.6. The number of benzene rings is 9. The molecule has 0 spiro atoms. The van der Waals surface area contributed by atoms with Crippen LogP contribution < -0.4 is 0 Å².